The monoisotopic (exact) mass is 316 g/mol. The molecular weight excluding hydrogens is 284 g/mol. The molecule has 0 aromatic carbocycles. The van der Waals surface area contributed by atoms with Crippen molar-refractivity contribution in [2.45, 2.75) is 78.2 Å². The van der Waals surface area contributed by atoms with Gasteiger partial charge in [0.1, 0.15) is 0 Å². The van der Waals surface area contributed by atoms with Gasteiger partial charge in [0, 0.05) is 6.42 Å². The van der Waals surface area contributed by atoms with Crippen molar-refractivity contribution < 1.29 is 9.90 Å². The Bertz CT molecular complexity index is 548. The second kappa shape index (κ2) is 5.18. The summed E-state index contributed by atoms with van der Waals surface area (Å²) >= 11 is 0. The van der Waals surface area contributed by atoms with Gasteiger partial charge in [0.2, 0.25) is 0 Å². The Labute approximate surface area is 140 Å². The number of carbonyl (C=O) groups is 1. The number of carbonyl (C=O) groups excluding carboxylic acids is 1. The van der Waals surface area contributed by atoms with Crippen LogP contribution in [0.1, 0.15) is 72.1 Å². The quantitative estimate of drug-likeness (QED) is 0.772. The number of allylic oxidation sites excluding steroid dienone is 1. The van der Waals surface area contributed by atoms with Crippen LogP contribution in [0.3, 0.4) is 0 Å². The molecular formula is C21H32O2. The van der Waals surface area contributed by atoms with Gasteiger partial charge in [0.05, 0.1) is 6.10 Å². The van der Waals surface area contributed by atoms with Crippen molar-refractivity contribution in [3.63, 3.8) is 0 Å². The molecule has 1 N–H and O–H groups in total. The highest BCUT2D eigenvalue weighted by Crippen LogP contribution is 2.66. The Kier molecular flexibility index (Phi) is 3.58. The summed E-state index contributed by atoms with van der Waals surface area (Å²) in [4.78, 5) is 11.9. The summed E-state index contributed by atoms with van der Waals surface area (Å²) in [5, 5.41) is 10.3. The minimum absolute atomic E-state index is 0.163. The average molecular weight is 316 g/mol. The van der Waals surface area contributed by atoms with Crippen molar-refractivity contribution in [2.75, 3.05) is 0 Å². The van der Waals surface area contributed by atoms with E-state index in [1.54, 1.807) is 0 Å². The summed E-state index contributed by atoms with van der Waals surface area (Å²) in [6.07, 6.45) is 11.1. The number of hydrogen-bond acceptors (Lipinski definition) is 2. The topological polar surface area (TPSA) is 37.3 Å². The third-order valence-corrected chi connectivity index (χ3v) is 8.62. The molecule has 2 heteroatoms. The van der Waals surface area contributed by atoms with Gasteiger partial charge in [-0.15, -0.1) is 0 Å². The zero-order chi connectivity index (χ0) is 16.4. The lowest BCUT2D eigenvalue weighted by molar-refractivity contribution is -0.117. The highest BCUT2D eigenvalue weighted by molar-refractivity contribution is 5.91. The maximum Gasteiger partial charge on any atom is 0.155 e. The van der Waals surface area contributed by atoms with Crippen molar-refractivity contribution in [2.24, 2.45) is 34.5 Å². The fourth-order valence-corrected chi connectivity index (χ4v) is 7.39. The first-order valence-corrected chi connectivity index (χ1v) is 9.78. The first kappa shape index (κ1) is 15.9. The lowest BCUT2D eigenvalue weighted by Gasteiger charge is -2.58. The van der Waals surface area contributed by atoms with Crippen LogP contribution in [0.15, 0.2) is 11.6 Å². The van der Waals surface area contributed by atoms with Crippen LogP contribution in [0.5, 0.6) is 0 Å². The highest BCUT2D eigenvalue weighted by Gasteiger charge is 2.59. The van der Waals surface area contributed by atoms with Crippen LogP contribution in [-0.2, 0) is 4.79 Å². The molecule has 7 atom stereocenters. The van der Waals surface area contributed by atoms with Crippen molar-refractivity contribution in [1.82, 2.24) is 0 Å². The van der Waals surface area contributed by atoms with Crippen molar-refractivity contribution in [3.8, 4) is 0 Å². The van der Waals surface area contributed by atoms with Crippen LogP contribution in [0.4, 0.5) is 0 Å². The predicted molar refractivity (Wildman–Crippen MR) is 91.9 cm³/mol. The summed E-state index contributed by atoms with van der Waals surface area (Å²) in [7, 11) is 0. The molecule has 0 aromatic heterocycles. The molecule has 3 fully saturated rings. The van der Waals surface area contributed by atoms with E-state index in [4.69, 9.17) is 0 Å². The molecule has 4 rings (SSSR count). The van der Waals surface area contributed by atoms with Gasteiger partial charge in [0.15, 0.2) is 5.78 Å². The maximum atomic E-state index is 11.9. The Morgan fingerprint density at radius 3 is 2.61 bits per heavy atom. The Morgan fingerprint density at radius 2 is 1.87 bits per heavy atom. The molecule has 4 aliphatic carbocycles. The van der Waals surface area contributed by atoms with Gasteiger partial charge < -0.3 is 5.11 Å². The van der Waals surface area contributed by atoms with Gasteiger partial charge in [-0.1, -0.05) is 19.4 Å². The minimum atomic E-state index is -0.163. The third kappa shape index (κ3) is 2.13. The molecule has 0 radical (unpaired) electrons. The largest absolute Gasteiger partial charge is 0.393 e. The van der Waals surface area contributed by atoms with E-state index in [-0.39, 0.29) is 11.5 Å². The summed E-state index contributed by atoms with van der Waals surface area (Å²) in [6, 6.07) is 0. The highest BCUT2D eigenvalue weighted by atomic mass is 16.3. The lowest BCUT2D eigenvalue weighted by atomic mass is 9.46. The molecule has 0 unspecified atom stereocenters. The van der Waals surface area contributed by atoms with Gasteiger partial charge >= 0.3 is 0 Å². The number of fused-ring (bicyclic) bond motifs is 5. The maximum absolute atomic E-state index is 11.9. The summed E-state index contributed by atoms with van der Waals surface area (Å²) in [6.45, 7) is 6.92. The number of aliphatic hydroxyl groups excluding tert-OH is 1. The van der Waals surface area contributed by atoms with Gasteiger partial charge in [0.25, 0.3) is 0 Å². The van der Waals surface area contributed by atoms with Gasteiger partial charge in [-0.2, -0.15) is 0 Å². The van der Waals surface area contributed by atoms with E-state index in [0.29, 0.717) is 17.1 Å². The first-order chi connectivity index (χ1) is 10.9. The molecule has 0 bridgehead atoms. The van der Waals surface area contributed by atoms with Gasteiger partial charge in [-0.25, -0.2) is 0 Å². The van der Waals surface area contributed by atoms with Gasteiger partial charge in [-0.05, 0) is 92.4 Å². The van der Waals surface area contributed by atoms with E-state index in [0.717, 1.165) is 37.0 Å². The molecule has 0 saturated heterocycles. The fraction of sp³-hybridized carbons (Fsp3) is 0.857. The van der Waals surface area contributed by atoms with Crippen LogP contribution in [0.25, 0.3) is 0 Å². The van der Waals surface area contributed by atoms with E-state index in [1.807, 2.05) is 13.0 Å². The Balaban J connectivity index is 1.66. The smallest absolute Gasteiger partial charge is 0.155 e. The predicted octanol–water partition coefficient (Wildman–Crippen LogP) is 4.52. The van der Waals surface area contributed by atoms with Crippen LogP contribution >= 0.6 is 0 Å². The van der Waals surface area contributed by atoms with Crippen molar-refractivity contribution in [1.29, 1.82) is 0 Å². The van der Waals surface area contributed by atoms with Crippen molar-refractivity contribution >= 4 is 5.78 Å². The fourth-order valence-electron chi connectivity index (χ4n) is 7.39. The molecule has 0 aromatic rings. The molecule has 23 heavy (non-hydrogen) atoms. The zero-order valence-electron chi connectivity index (χ0n) is 15.0. The van der Waals surface area contributed by atoms with E-state index in [2.05, 4.69) is 13.8 Å². The molecule has 2 nitrogen and oxygen atoms in total. The molecule has 0 aliphatic heterocycles. The van der Waals surface area contributed by atoms with E-state index in [1.165, 1.54) is 37.7 Å². The SMILES string of the molecule is C[C@H](O)[C@@H]1CC[C@@H]2[C@H]3CCC4=CC(=O)CC[C@]4(C)[C@@H]3CC[C@@]21C. The lowest BCUT2D eigenvalue weighted by Crippen LogP contribution is -2.51. The number of ketones is 1. The molecule has 0 amide bonds. The Morgan fingerprint density at radius 1 is 1.09 bits per heavy atom. The third-order valence-electron chi connectivity index (χ3n) is 8.62. The van der Waals surface area contributed by atoms with Crippen LogP contribution in [-0.4, -0.2) is 17.0 Å². The normalized spacial score (nSPS) is 50.6. The molecule has 3 saturated carbocycles. The number of aliphatic hydroxyl groups is 1. The van der Waals surface area contributed by atoms with Crippen molar-refractivity contribution in [3.05, 3.63) is 11.6 Å². The van der Waals surface area contributed by atoms with E-state index in [9.17, 15) is 9.90 Å². The summed E-state index contributed by atoms with van der Waals surface area (Å²) in [5.41, 5.74) is 2.09. The zero-order valence-corrected chi connectivity index (χ0v) is 15.0. The average Bonchev–Trinajstić information content (AvgIpc) is 2.85. The summed E-state index contributed by atoms with van der Waals surface area (Å²) in [5.74, 6) is 3.21. The molecule has 0 spiro atoms. The minimum Gasteiger partial charge on any atom is -0.393 e. The molecule has 128 valence electrons. The van der Waals surface area contributed by atoms with E-state index < -0.39 is 0 Å². The van der Waals surface area contributed by atoms with E-state index >= 15 is 0 Å². The Hall–Kier alpha value is -0.630. The van der Waals surface area contributed by atoms with Crippen LogP contribution in [0.2, 0.25) is 0 Å². The standard InChI is InChI=1S/C21H32O2/c1-13(22)17-6-7-18-16-5-4-14-12-15(23)8-10-20(14,2)19(16)9-11-21(17,18)3/h12-13,16-19,22H,4-11H2,1-3H3/t13-,16+,17-,18+,19+,20-,21+/m0/s1. The number of hydrogen-bond donors (Lipinski definition) is 1. The van der Waals surface area contributed by atoms with Gasteiger partial charge in [-0.3, -0.25) is 4.79 Å². The second-order valence-electron chi connectivity index (χ2n) is 9.44. The number of rotatable bonds is 1. The molecule has 4 aliphatic rings. The second-order valence-corrected chi connectivity index (χ2v) is 9.44. The van der Waals surface area contributed by atoms with Crippen LogP contribution < -0.4 is 0 Å². The van der Waals surface area contributed by atoms with Crippen LogP contribution in [0, 0.1) is 34.5 Å². The summed E-state index contributed by atoms with van der Waals surface area (Å²) < 4.78 is 0. The molecule has 0 heterocycles. The first-order valence-electron chi connectivity index (χ1n) is 9.78.